The van der Waals surface area contributed by atoms with Crippen molar-refractivity contribution in [2.24, 2.45) is 0 Å². The molecule has 82 valence electrons. The third kappa shape index (κ3) is 1.29. The molecular formula is C11H7N5O. The molecule has 0 bridgehead atoms. The van der Waals surface area contributed by atoms with E-state index in [-0.39, 0.29) is 5.69 Å². The highest BCUT2D eigenvalue weighted by Gasteiger charge is 2.09. The number of nitriles is 1. The van der Waals surface area contributed by atoms with Crippen molar-refractivity contribution in [2.45, 2.75) is 0 Å². The zero-order valence-corrected chi connectivity index (χ0v) is 8.95. The Morgan fingerprint density at radius 2 is 2.29 bits per heavy atom. The molecule has 0 radical (unpaired) electrons. The smallest absolute Gasteiger partial charge is 0.209 e. The molecule has 0 saturated carbocycles. The van der Waals surface area contributed by atoms with Crippen LogP contribution in [-0.4, -0.2) is 26.9 Å². The molecule has 17 heavy (non-hydrogen) atoms. The van der Waals surface area contributed by atoms with Crippen LogP contribution in [0.1, 0.15) is 5.69 Å². The van der Waals surface area contributed by atoms with Crippen LogP contribution in [0.5, 0.6) is 5.75 Å². The molecule has 0 fully saturated rings. The Kier molecular flexibility index (Phi) is 1.92. The van der Waals surface area contributed by atoms with Crippen LogP contribution in [0.2, 0.25) is 0 Å². The van der Waals surface area contributed by atoms with E-state index in [0.29, 0.717) is 5.65 Å². The third-order valence-corrected chi connectivity index (χ3v) is 2.54. The lowest BCUT2D eigenvalue weighted by Gasteiger charge is -2.02. The lowest BCUT2D eigenvalue weighted by Crippen LogP contribution is -1.93. The lowest BCUT2D eigenvalue weighted by atomic mass is 10.2. The van der Waals surface area contributed by atoms with Gasteiger partial charge in [0, 0.05) is 11.6 Å². The lowest BCUT2D eigenvalue weighted by molar-refractivity contribution is 0.415. The van der Waals surface area contributed by atoms with Gasteiger partial charge in [-0.25, -0.2) is 4.98 Å². The quantitative estimate of drug-likeness (QED) is 0.621. The highest BCUT2D eigenvalue weighted by atomic mass is 16.5. The summed E-state index contributed by atoms with van der Waals surface area (Å²) in [5.74, 6) is 0.749. The van der Waals surface area contributed by atoms with Crippen LogP contribution in [0.4, 0.5) is 0 Å². The predicted molar refractivity (Wildman–Crippen MR) is 59.6 cm³/mol. The van der Waals surface area contributed by atoms with Crippen molar-refractivity contribution in [2.75, 3.05) is 7.11 Å². The molecule has 0 amide bonds. The van der Waals surface area contributed by atoms with Crippen molar-refractivity contribution in [3.8, 4) is 11.8 Å². The van der Waals surface area contributed by atoms with Crippen LogP contribution in [-0.2, 0) is 0 Å². The highest BCUT2D eigenvalue weighted by molar-refractivity contribution is 5.82. The zero-order valence-electron chi connectivity index (χ0n) is 8.95. The second kappa shape index (κ2) is 3.42. The molecule has 0 aliphatic rings. The van der Waals surface area contributed by atoms with Crippen LogP contribution in [0.15, 0.2) is 24.4 Å². The van der Waals surface area contributed by atoms with Crippen molar-refractivity contribution < 1.29 is 4.74 Å². The maximum absolute atomic E-state index is 8.85. The van der Waals surface area contributed by atoms with Crippen LogP contribution in [0.3, 0.4) is 0 Å². The van der Waals surface area contributed by atoms with Gasteiger partial charge in [-0.1, -0.05) is 5.21 Å². The van der Waals surface area contributed by atoms with E-state index in [4.69, 9.17) is 10.00 Å². The largest absolute Gasteiger partial charge is 0.497 e. The van der Waals surface area contributed by atoms with E-state index in [9.17, 15) is 0 Å². The maximum Gasteiger partial charge on any atom is 0.209 e. The summed E-state index contributed by atoms with van der Waals surface area (Å²) in [6.45, 7) is 0. The summed E-state index contributed by atoms with van der Waals surface area (Å²) < 4.78 is 6.68. The topological polar surface area (TPSA) is 76.1 Å². The van der Waals surface area contributed by atoms with Gasteiger partial charge in [-0.15, -0.1) is 5.10 Å². The van der Waals surface area contributed by atoms with Crippen molar-refractivity contribution in [3.05, 3.63) is 30.1 Å². The summed E-state index contributed by atoms with van der Waals surface area (Å²) in [4.78, 5) is 4.18. The van der Waals surface area contributed by atoms with Gasteiger partial charge in [0.15, 0.2) is 5.65 Å². The molecule has 0 saturated heterocycles. The van der Waals surface area contributed by atoms with E-state index >= 15 is 0 Å². The number of aromatic nitrogens is 4. The summed E-state index contributed by atoms with van der Waals surface area (Å²) in [5.41, 5.74) is 1.53. The SMILES string of the molecule is COc1ccc2c(cnc3c(C#N)nnn32)c1. The molecule has 2 heterocycles. The number of rotatable bonds is 1. The average Bonchev–Trinajstić information content (AvgIpc) is 2.81. The number of hydrogen-bond acceptors (Lipinski definition) is 5. The van der Waals surface area contributed by atoms with E-state index in [2.05, 4.69) is 15.3 Å². The number of hydrogen-bond donors (Lipinski definition) is 0. The van der Waals surface area contributed by atoms with Crippen molar-refractivity contribution in [1.82, 2.24) is 19.8 Å². The minimum absolute atomic E-state index is 0.225. The number of ether oxygens (including phenoxy) is 1. The normalized spacial score (nSPS) is 10.6. The van der Waals surface area contributed by atoms with Gasteiger partial charge in [0.2, 0.25) is 5.69 Å². The van der Waals surface area contributed by atoms with Crippen molar-refractivity contribution >= 4 is 16.6 Å². The van der Waals surface area contributed by atoms with Crippen molar-refractivity contribution in [3.63, 3.8) is 0 Å². The van der Waals surface area contributed by atoms with E-state index in [0.717, 1.165) is 16.7 Å². The number of methoxy groups -OCH3 is 1. The second-order valence-electron chi connectivity index (χ2n) is 3.47. The molecule has 6 heteroatoms. The predicted octanol–water partition coefficient (Wildman–Crippen LogP) is 1.16. The fourth-order valence-corrected chi connectivity index (χ4v) is 1.71. The molecule has 0 aliphatic carbocycles. The number of fused-ring (bicyclic) bond motifs is 3. The van der Waals surface area contributed by atoms with Gasteiger partial charge in [-0.2, -0.15) is 9.78 Å². The Morgan fingerprint density at radius 1 is 1.41 bits per heavy atom. The summed E-state index contributed by atoms with van der Waals surface area (Å²) >= 11 is 0. The summed E-state index contributed by atoms with van der Waals surface area (Å²) in [5, 5.41) is 17.4. The highest BCUT2D eigenvalue weighted by Crippen LogP contribution is 2.20. The van der Waals surface area contributed by atoms with Crippen molar-refractivity contribution in [1.29, 1.82) is 5.26 Å². The Bertz CT molecular complexity index is 755. The molecule has 1 aromatic carbocycles. The second-order valence-corrected chi connectivity index (χ2v) is 3.47. The molecule has 2 aromatic heterocycles. The monoisotopic (exact) mass is 225 g/mol. The molecule has 0 spiro atoms. The summed E-state index contributed by atoms with van der Waals surface area (Å²) in [6, 6.07) is 7.50. The maximum atomic E-state index is 8.85. The van der Waals surface area contributed by atoms with Gasteiger partial charge < -0.3 is 4.74 Å². The van der Waals surface area contributed by atoms with E-state index in [1.165, 1.54) is 0 Å². The fraction of sp³-hybridized carbons (Fsp3) is 0.0909. The summed E-state index contributed by atoms with van der Waals surface area (Å²) in [7, 11) is 1.61. The Morgan fingerprint density at radius 3 is 3.06 bits per heavy atom. The fourth-order valence-electron chi connectivity index (χ4n) is 1.71. The van der Waals surface area contributed by atoms with Gasteiger partial charge in [0.05, 0.1) is 12.6 Å². The molecule has 0 aliphatic heterocycles. The third-order valence-electron chi connectivity index (χ3n) is 2.54. The Labute approximate surface area is 96.1 Å². The number of benzene rings is 1. The van der Waals surface area contributed by atoms with E-state index in [1.807, 2.05) is 24.3 Å². The first-order chi connectivity index (χ1) is 8.33. The minimum atomic E-state index is 0.225. The van der Waals surface area contributed by atoms with Gasteiger partial charge in [-0.05, 0) is 18.2 Å². The van der Waals surface area contributed by atoms with Gasteiger partial charge in [0.25, 0.3) is 0 Å². The molecular weight excluding hydrogens is 218 g/mol. The number of nitrogens with zero attached hydrogens (tertiary/aromatic N) is 5. The molecule has 3 rings (SSSR count). The molecule has 0 unspecified atom stereocenters. The van der Waals surface area contributed by atoms with Crippen LogP contribution in [0.25, 0.3) is 16.6 Å². The Hall–Kier alpha value is -2.68. The first-order valence-corrected chi connectivity index (χ1v) is 4.92. The van der Waals surface area contributed by atoms with Crippen LogP contribution < -0.4 is 4.74 Å². The molecule has 0 N–H and O–H groups in total. The molecule has 6 nitrogen and oxygen atoms in total. The minimum Gasteiger partial charge on any atom is -0.497 e. The van der Waals surface area contributed by atoms with Gasteiger partial charge in [0.1, 0.15) is 11.8 Å². The first kappa shape index (κ1) is 9.54. The first-order valence-electron chi connectivity index (χ1n) is 4.92. The zero-order chi connectivity index (χ0) is 11.8. The standard InChI is InChI=1S/C11H7N5O/c1-17-8-2-3-10-7(4-8)6-13-11-9(5-12)14-15-16(10)11/h2-4,6H,1H3. The average molecular weight is 225 g/mol. The van der Waals surface area contributed by atoms with E-state index in [1.54, 1.807) is 17.8 Å². The van der Waals surface area contributed by atoms with Crippen LogP contribution >= 0.6 is 0 Å². The van der Waals surface area contributed by atoms with Gasteiger partial charge in [-0.3, -0.25) is 0 Å². The molecule has 3 aromatic rings. The Balaban J connectivity index is 2.41. The summed E-state index contributed by atoms with van der Waals surface area (Å²) in [6.07, 6.45) is 1.68. The van der Waals surface area contributed by atoms with Gasteiger partial charge >= 0.3 is 0 Å². The van der Waals surface area contributed by atoms with Crippen LogP contribution in [0, 0.1) is 11.3 Å². The molecule has 0 atom stereocenters. The van der Waals surface area contributed by atoms with E-state index < -0.39 is 0 Å².